The van der Waals surface area contributed by atoms with Crippen LogP contribution in [-0.2, 0) is 0 Å². The Balaban J connectivity index is 3.00. The van der Waals surface area contributed by atoms with E-state index in [4.69, 9.17) is 11.1 Å². The molecular weight excluding hydrogens is 246 g/mol. The second-order valence-electron chi connectivity index (χ2n) is 5.50. The van der Waals surface area contributed by atoms with Crippen molar-refractivity contribution in [3.8, 4) is 0 Å². The van der Waals surface area contributed by atoms with Gasteiger partial charge in [0, 0.05) is 18.5 Å². The van der Waals surface area contributed by atoms with Gasteiger partial charge in [-0.2, -0.15) is 0 Å². The highest BCUT2D eigenvalue weighted by molar-refractivity contribution is 5.77. The molecular formula is C17H29N3. The zero-order valence-corrected chi connectivity index (χ0v) is 13.1. The monoisotopic (exact) mass is 275 g/mol. The van der Waals surface area contributed by atoms with Gasteiger partial charge in [0.15, 0.2) is 0 Å². The van der Waals surface area contributed by atoms with Crippen molar-refractivity contribution in [2.24, 2.45) is 5.73 Å². The molecule has 2 unspecified atom stereocenters. The van der Waals surface area contributed by atoms with E-state index < -0.39 is 0 Å². The Morgan fingerprint density at radius 3 is 2.40 bits per heavy atom. The van der Waals surface area contributed by atoms with E-state index in [9.17, 15) is 0 Å². The molecule has 1 aromatic carbocycles. The molecule has 20 heavy (non-hydrogen) atoms. The van der Waals surface area contributed by atoms with Crippen LogP contribution in [0.4, 0.5) is 0 Å². The number of nitrogens with zero attached hydrogens (tertiary/aromatic N) is 1. The SMILES string of the molecule is CCCCN(C(C)CC)C(CC(=N)N)c1ccccc1. The standard InChI is InChI=1S/C17H29N3/c1-4-6-12-20(14(3)5-2)16(13-17(18)19)15-10-8-7-9-11-15/h7-11,14,16H,4-6,12-13H2,1-3H3,(H3,18,19). The topological polar surface area (TPSA) is 53.1 Å². The first kappa shape index (κ1) is 16.7. The predicted molar refractivity (Wildman–Crippen MR) is 87.1 cm³/mol. The lowest BCUT2D eigenvalue weighted by Gasteiger charge is -2.36. The van der Waals surface area contributed by atoms with Crippen molar-refractivity contribution in [1.82, 2.24) is 4.90 Å². The summed E-state index contributed by atoms with van der Waals surface area (Å²) in [6, 6.07) is 11.2. The third kappa shape index (κ3) is 4.97. The molecule has 0 spiro atoms. The van der Waals surface area contributed by atoms with Gasteiger partial charge in [-0.25, -0.2) is 0 Å². The van der Waals surface area contributed by atoms with Crippen molar-refractivity contribution in [2.75, 3.05) is 6.54 Å². The van der Waals surface area contributed by atoms with Gasteiger partial charge in [-0.05, 0) is 31.9 Å². The first-order chi connectivity index (χ1) is 9.60. The van der Waals surface area contributed by atoms with Gasteiger partial charge in [0.1, 0.15) is 0 Å². The summed E-state index contributed by atoms with van der Waals surface area (Å²) < 4.78 is 0. The molecule has 0 radical (unpaired) electrons. The van der Waals surface area contributed by atoms with Crippen molar-refractivity contribution in [3.05, 3.63) is 35.9 Å². The Bertz CT molecular complexity index is 388. The zero-order valence-electron chi connectivity index (χ0n) is 13.1. The molecule has 3 N–H and O–H groups in total. The summed E-state index contributed by atoms with van der Waals surface area (Å²) in [4.78, 5) is 2.51. The number of benzene rings is 1. The van der Waals surface area contributed by atoms with Gasteiger partial charge in [-0.1, -0.05) is 50.6 Å². The largest absolute Gasteiger partial charge is 0.388 e. The van der Waals surface area contributed by atoms with E-state index in [1.165, 1.54) is 18.4 Å². The van der Waals surface area contributed by atoms with Crippen LogP contribution in [0.1, 0.15) is 58.1 Å². The normalized spacial score (nSPS) is 14.2. The molecule has 0 heterocycles. The number of rotatable bonds is 9. The lowest BCUT2D eigenvalue weighted by atomic mass is 9.98. The highest BCUT2D eigenvalue weighted by Crippen LogP contribution is 2.27. The average molecular weight is 275 g/mol. The van der Waals surface area contributed by atoms with Crippen molar-refractivity contribution < 1.29 is 0 Å². The summed E-state index contributed by atoms with van der Waals surface area (Å²) >= 11 is 0. The summed E-state index contributed by atoms with van der Waals surface area (Å²) in [5.74, 6) is 0.267. The molecule has 0 amide bonds. The molecule has 1 rings (SSSR count). The Morgan fingerprint density at radius 2 is 1.90 bits per heavy atom. The fraction of sp³-hybridized carbons (Fsp3) is 0.588. The Kier molecular flexibility index (Phi) is 7.31. The fourth-order valence-corrected chi connectivity index (χ4v) is 2.57. The fourth-order valence-electron chi connectivity index (χ4n) is 2.57. The third-order valence-corrected chi connectivity index (χ3v) is 3.92. The molecule has 1 aromatic rings. The number of nitrogens with one attached hydrogen (secondary N) is 1. The molecule has 0 fully saturated rings. The lowest BCUT2D eigenvalue weighted by Crippen LogP contribution is -2.39. The molecule has 0 saturated heterocycles. The van der Waals surface area contributed by atoms with Crippen LogP contribution in [0.2, 0.25) is 0 Å². The van der Waals surface area contributed by atoms with Gasteiger partial charge >= 0.3 is 0 Å². The van der Waals surface area contributed by atoms with E-state index in [1.54, 1.807) is 0 Å². The van der Waals surface area contributed by atoms with Crippen LogP contribution in [0.15, 0.2) is 30.3 Å². The first-order valence-electron chi connectivity index (χ1n) is 7.73. The van der Waals surface area contributed by atoms with Gasteiger partial charge in [0.05, 0.1) is 5.84 Å². The average Bonchev–Trinajstić information content (AvgIpc) is 2.46. The second-order valence-corrected chi connectivity index (χ2v) is 5.50. The van der Waals surface area contributed by atoms with Gasteiger partial charge < -0.3 is 5.73 Å². The van der Waals surface area contributed by atoms with E-state index in [2.05, 4.69) is 49.9 Å². The Labute approximate surface area is 123 Å². The smallest absolute Gasteiger partial charge is 0.0924 e. The van der Waals surface area contributed by atoms with E-state index in [-0.39, 0.29) is 11.9 Å². The highest BCUT2D eigenvalue weighted by Gasteiger charge is 2.24. The van der Waals surface area contributed by atoms with Gasteiger partial charge in [0.2, 0.25) is 0 Å². The second kappa shape index (κ2) is 8.75. The summed E-state index contributed by atoms with van der Waals surface area (Å²) in [7, 11) is 0. The zero-order chi connectivity index (χ0) is 15.0. The van der Waals surface area contributed by atoms with Crippen LogP contribution in [-0.4, -0.2) is 23.3 Å². The van der Waals surface area contributed by atoms with Crippen LogP contribution in [0, 0.1) is 5.41 Å². The number of unbranched alkanes of at least 4 members (excludes halogenated alkanes) is 1. The first-order valence-corrected chi connectivity index (χ1v) is 7.73. The summed E-state index contributed by atoms with van der Waals surface area (Å²) in [5, 5.41) is 7.69. The van der Waals surface area contributed by atoms with Gasteiger partial charge in [-0.15, -0.1) is 0 Å². The molecule has 3 heteroatoms. The predicted octanol–water partition coefficient (Wildman–Crippen LogP) is 3.95. The molecule has 0 saturated carbocycles. The number of hydrogen-bond acceptors (Lipinski definition) is 2. The van der Waals surface area contributed by atoms with Gasteiger partial charge in [-0.3, -0.25) is 10.3 Å². The molecule has 2 atom stereocenters. The summed E-state index contributed by atoms with van der Waals surface area (Å²) in [5.41, 5.74) is 6.96. The van der Waals surface area contributed by atoms with Crippen molar-refractivity contribution in [3.63, 3.8) is 0 Å². The van der Waals surface area contributed by atoms with Crippen LogP contribution in [0.25, 0.3) is 0 Å². The lowest BCUT2D eigenvalue weighted by molar-refractivity contribution is 0.140. The minimum Gasteiger partial charge on any atom is -0.388 e. The molecule has 0 aliphatic heterocycles. The number of nitrogens with two attached hydrogens (primary N) is 1. The van der Waals surface area contributed by atoms with Crippen LogP contribution in [0.5, 0.6) is 0 Å². The third-order valence-electron chi connectivity index (χ3n) is 3.92. The summed E-state index contributed by atoms with van der Waals surface area (Å²) in [6.07, 6.45) is 4.10. The summed E-state index contributed by atoms with van der Waals surface area (Å²) in [6.45, 7) is 7.78. The van der Waals surface area contributed by atoms with E-state index in [0.29, 0.717) is 12.5 Å². The maximum Gasteiger partial charge on any atom is 0.0924 e. The molecule has 112 valence electrons. The van der Waals surface area contributed by atoms with Crippen molar-refractivity contribution in [1.29, 1.82) is 5.41 Å². The van der Waals surface area contributed by atoms with Crippen LogP contribution < -0.4 is 5.73 Å². The molecule has 0 bridgehead atoms. The van der Waals surface area contributed by atoms with Gasteiger partial charge in [0.25, 0.3) is 0 Å². The van der Waals surface area contributed by atoms with Crippen LogP contribution >= 0.6 is 0 Å². The van der Waals surface area contributed by atoms with E-state index >= 15 is 0 Å². The number of hydrogen-bond donors (Lipinski definition) is 2. The molecule has 0 aliphatic rings. The van der Waals surface area contributed by atoms with Crippen molar-refractivity contribution >= 4 is 5.84 Å². The van der Waals surface area contributed by atoms with E-state index in [0.717, 1.165) is 13.0 Å². The number of amidine groups is 1. The molecule has 0 aliphatic carbocycles. The minimum atomic E-state index is 0.218. The van der Waals surface area contributed by atoms with E-state index in [1.807, 2.05) is 6.07 Å². The maximum atomic E-state index is 7.69. The van der Waals surface area contributed by atoms with Crippen molar-refractivity contribution in [2.45, 2.75) is 58.5 Å². The maximum absolute atomic E-state index is 7.69. The molecule has 3 nitrogen and oxygen atoms in total. The highest BCUT2D eigenvalue weighted by atomic mass is 15.2. The van der Waals surface area contributed by atoms with Crippen LogP contribution in [0.3, 0.4) is 0 Å². The minimum absolute atomic E-state index is 0.218. The molecule has 0 aromatic heterocycles. The Hall–Kier alpha value is -1.35. The quantitative estimate of drug-likeness (QED) is 0.529. The Morgan fingerprint density at radius 1 is 1.25 bits per heavy atom.